The molecule has 18 heavy (non-hydrogen) atoms. The fourth-order valence-corrected chi connectivity index (χ4v) is 3.19. The van der Waals surface area contributed by atoms with Gasteiger partial charge < -0.3 is 10.2 Å². The summed E-state index contributed by atoms with van der Waals surface area (Å²) in [6.07, 6.45) is 5.48. The van der Waals surface area contributed by atoms with Crippen molar-refractivity contribution in [3.63, 3.8) is 0 Å². The van der Waals surface area contributed by atoms with Crippen LogP contribution in [0.4, 0.5) is 0 Å². The molecule has 0 radical (unpaired) electrons. The van der Waals surface area contributed by atoms with Gasteiger partial charge in [-0.05, 0) is 59.2 Å². The highest BCUT2D eigenvalue weighted by molar-refractivity contribution is 4.89. The lowest BCUT2D eigenvalue weighted by molar-refractivity contribution is 0.215. The highest BCUT2D eigenvalue weighted by Gasteiger charge is 2.32. The number of likely N-dealkylation sites (tertiary alicyclic amines) is 1. The SMILES string of the molecule is CC1CN(C(C)CCCNC2CC2)CC1N(C)C. The molecule has 0 spiro atoms. The Labute approximate surface area is 113 Å². The minimum Gasteiger partial charge on any atom is -0.314 e. The maximum absolute atomic E-state index is 3.61. The molecule has 1 aliphatic carbocycles. The Bertz CT molecular complexity index is 250. The molecule has 3 unspecified atom stereocenters. The van der Waals surface area contributed by atoms with Crippen molar-refractivity contribution in [2.45, 2.75) is 57.7 Å². The maximum atomic E-state index is 3.61. The van der Waals surface area contributed by atoms with E-state index in [4.69, 9.17) is 0 Å². The van der Waals surface area contributed by atoms with Crippen LogP contribution in [0.3, 0.4) is 0 Å². The molecular weight excluding hydrogens is 222 g/mol. The van der Waals surface area contributed by atoms with Crippen LogP contribution in [0.2, 0.25) is 0 Å². The van der Waals surface area contributed by atoms with E-state index in [-0.39, 0.29) is 0 Å². The van der Waals surface area contributed by atoms with Crippen molar-refractivity contribution in [2.24, 2.45) is 5.92 Å². The third kappa shape index (κ3) is 3.94. The molecule has 1 heterocycles. The van der Waals surface area contributed by atoms with E-state index in [1.807, 2.05) is 0 Å². The van der Waals surface area contributed by atoms with Gasteiger partial charge in [0.15, 0.2) is 0 Å². The molecule has 0 aromatic rings. The zero-order valence-electron chi connectivity index (χ0n) is 12.7. The first-order valence-corrected chi connectivity index (χ1v) is 7.71. The van der Waals surface area contributed by atoms with Crippen molar-refractivity contribution < 1.29 is 0 Å². The van der Waals surface area contributed by atoms with Crippen LogP contribution >= 0.6 is 0 Å². The number of nitrogens with one attached hydrogen (secondary N) is 1. The molecule has 2 rings (SSSR count). The van der Waals surface area contributed by atoms with Gasteiger partial charge in [-0.15, -0.1) is 0 Å². The van der Waals surface area contributed by atoms with Gasteiger partial charge in [0.25, 0.3) is 0 Å². The smallest absolute Gasteiger partial charge is 0.0254 e. The van der Waals surface area contributed by atoms with Crippen LogP contribution in [0, 0.1) is 5.92 Å². The summed E-state index contributed by atoms with van der Waals surface area (Å²) in [5.41, 5.74) is 0. The molecule has 3 atom stereocenters. The van der Waals surface area contributed by atoms with E-state index in [0.717, 1.165) is 24.0 Å². The van der Waals surface area contributed by atoms with Gasteiger partial charge in [0.2, 0.25) is 0 Å². The first-order chi connectivity index (χ1) is 8.58. The Kier molecular flexibility index (Phi) is 5.05. The highest BCUT2D eigenvalue weighted by atomic mass is 15.3. The molecule has 3 nitrogen and oxygen atoms in total. The van der Waals surface area contributed by atoms with E-state index in [0.29, 0.717) is 0 Å². The Morgan fingerprint density at radius 3 is 2.56 bits per heavy atom. The Hall–Kier alpha value is -0.120. The van der Waals surface area contributed by atoms with Crippen molar-refractivity contribution >= 4 is 0 Å². The second kappa shape index (κ2) is 6.36. The van der Waals surface area contributed by atoms with Crippen molar-refractivity contribution in [1.29, 1.82) is 0 Å². The van der Waals surface area contributed by atoms with E-state index in [1.165, 1.54) is 45.3 Å². The molecule has 0 amide bonds. The largest absolute Gasteiger partial charge is 0.314 e. The molecule has 1 N–H and O–H groups in total. The molecule has 2 fully saturated rings. The minimum absolute atomic E-state index is 0.747. The summed E-state index contributed by atoms with van der Waals surface area (Å²) >= 11 is 0. The molecule has 0 bridgehead atoms. The van der Waals surface area contributed by atoms with Crippen molar-refractivity contribution in [2.75, 3.05) is 33.7 Å². The molecular formula is C15H31N3. The zero-order valence-corrected chi connectivity index (χ0v) is 12.7. The van der Waals surface area contributed by atoms with Crippen LogP contribution < -0.4 is 5.32 Å². The maximum Gasteiger partial charge on any atom is 0.0254 e. The zero-order chi connectivity index (χ0) is 13.1. The van der Waals surface area contributed by atoms with Crippen molar-refractivity contribution in [3.05, 3.63) is 0 Å². The van der Waals surface area contributed by atoms with Gasteiger partial charge >= 0.3 is 0 Å². The summed E-state index contributed by atoms with van der Waals surface area (Å²) in [4.78, 5) is 5.08. The van der Waals surface area contributed by atoms with E-state index < -0.39 is 0 Å². The summed E-state index contributed by atoms with van der Waals surface area (Å²) < 4.78 is 0. The van der Waals surface area contributed by atoms with Gasteiger partial charge in [-0.25, -0.2) is 0 Å². The van der Waals surface area contributed by atoms with Gasteiger partial charge in [0, 0.05) is 31.2 Å². The molecule has 2 aliphatic rings. The average molecular weight is 253 g/mol. The Balaban J connectivity index is 1.64. The number of hydrogen-bond acceptors (Lipinski definition) is 3. The lowest BCUT2D eigenvalue weighted by Gasteiger charge is -2.26. The minimum atomic E-state index is 0.747. The third-order valence-corrected chi connectivity index (χ3v) is 4.70. The summed E-state index contributed by atoms with van der Waals surface area (Å²) in [6, 6.07) is 2.36. The summed E-state index contributed by atoms with van der Waals surface area (Å²) in [5.74, 6) is 0.812. The van der Waals surface area contributed by atoms with E-state index in [2.05, 4.69) is 43.1 Å². The second-order valence-corrected chi connectivity index (χ2v) is 6.68. The fraction of sp³-hybridized carbons (Fsp3) is 1.00. The summed E-state index contributed by atoms with van der Waals surface area (Å²) in [5, 5.41) is 3.61. The molecule has 1 aliphatic heterocycles. The van der Waals surface area contributed by atoms with Crippen molar-refractivity contribution in [3.8, 4) is 0 Å². The number of likely N-dealkylation sites (N-methyl/N-ethyl adjacent to an activating group) is 1. The Morgan fingerprint density at radius 1 is 1.28 bits per heavy atom. The monoisotopic (exact) mass is 253 g/mol. The number of nitrogens with zero attached hydrogens (tertiary/aromatic N) is 2. The molecule has 1 saturated heterocycles. The Morgan fingerprint density at radius 2 is 2.00 bits per heavy atom. The normalized spacial score (nSPS) is 31.2. The standard InChI is InChI=1S/C15H31N3/c1-12-10-18(11-15(12)17(3)4)13(2)6-5-9-16-14-7-8-14/h12-16H,5-11H2,1-4H3. The molecule has 0 aromatic heterocycles. The lowest BCUT2D eigenvalue weighted by Crippen LogP contribution is -2.36. The van der Waals surface area contributed by atoms with Gasteiger partial charge in [-0.2, -0.15) is 0 Å². The van der Waals surface area contributed by atoms with Crippen LogP contribution in [0.1, 0.15) is 39.5 Å². The van der Waals surface area contributed by atoms with E-state index in [1.54, 1.807) is 0 Å². The van der Waals surface area contributed by atoms with Crippen LogP contribution in [0.15, 0.2) is 0 Å². The van der Waals surface area contributed by atoms with Gasteiger partial charge in [0.1, 0.15) is 0 Å². The van der Waals surface area contributed by atoms with Crippen LogP contribution in [0.25, 0.3) is 0 Å². The average Bonchev–Trinajstić information content (AvgIpc) is 3.05. The van der Waals surface area contributed by atoms with Gasteiger partial charge in [0.05, 0.1) is 0 Å². The third-order valence-electron chi connectivity index (χ3n) is 4.70. The summed E-state index contributed by atoms with van der Waals surface area (Å²) in [7, 11) is 4.43. The predicted octanol–water partition coefficient (Wildman–Crippen LogP) is 1.79. The predicted molar refractivity (Wildman–Crippen MR) is 77.9 cm³/mol. The van der Waals surface area contributed by atoms with Crippen LogP contribution in [-0.2, 0) is 0 Å². The van der Waals surface area contributed by atoms with Crippen molar-refractivity contribution in [1.82, 2.24) is 15.1 Å². The highest BCUT2D eigenvalue weighted by Crippen LogP contribution is 2.23. The van der Waals surface area contributed by atoms with E-state index in [9.17, 15) is 0 Å². The molecule has 3 heteroatoms. The fourth-order valence-electron chi connectivity index (χ4n) is 3.19. The second-order valence-electron chi connectivity index (χ2n) is 6.68. The molecule has 1 saturated carbocycles. The van der Waals surface area contributed by atoms with Crippen LogP contribution in [-0.4, -0.2) is 61.7 Å². The van der Waals surface area contributed by atoms with Gasteiger partial charge in [-0.1, -0.05) is 6.92 Å². The summed E-state index contributed by atoms with van der Waals surface area (Å²) in [6.45, 7) is 8.55. The topological polar surface area (TPSA) is 18.5 Å². The quantitative estimate of drug-likeness (QED) is 0.698. The first kappa shape index (κ1) is 14.3. The molecule has 0 aromatic carbocycles. The van der Waals surface area contributed by atoms with Crippen LogP contribution in [0.5, 0.6) is 0 Å². The first-order valence-electron chi connectivity index (χ1n) is 7.71. The molecule has 106 valence electrons. The van der Waals surface area contributed by atoms with E-state index >= 15 is 0 Å². The number of hydrogen-bond donors (Lipinski definition) is 1. The van der Waals surface area contributed by atoms with Gasteiger partial charge in [-0.3, -0.25) is 4.90 Å². The lowest BCUT2D eigenvalue weighted by atomic mass is 10.1. The number of rotatable bonds is 7.